The summed E-state index contributed by atoms with van der Waals surface area (Å²) in [6, 6.07) is 0.215. The Balaban J connectivity index is 0.00000242. The van der Waals surface area contributed by atoms with Crippen molar-refractivity contribution in [1.29, 1.82) is 0 Å². The highest BCUT2D eigenvalue weighted by Crippen LogP contribution is 2.41. The number of benzene rings is 1. The Bertz CT molecular complexity index is 590. The summed E-state index contributed by atoms with van der Waals surface area (Å²) in [7, 11) is 0. The predicted octanol–water partition coefficient (Wildman–Crippen LogP) is 4.73. The quantitative estimate of drug-likeness (QED) is 0.734. The van der Waals surface area contributed by atoms with Gasteiger partial charge in [-0.2, -0.15) is 13.2 Å². The summed E-state index contributed by atoms with van der Waals surface area (Å²) in [6.45, 7) is 3.24. The summed E-state index contributed by atoms with van der Waals surface area (Å²) in [5.41, 5.74) is -2.17. The van der Waals surface area contributed by atoms with Gasteiger partial charge in [-0.05, 0) is 12.1 Å². The van der Waals surface area contributed by atoms with Crippen molar-refractivity contribution in [3.05, 3.63) is 34.1 Å². The molecule has 1 amide bonds. The van der Waals surface area contributed by atoms with Crippen LogP contribution in [0.2, 0.25) is 5.02 Å². The first-order chi connectivity index (χ1) is 9.52. The summed E-state index contributed by atoms with van der Waals surface area (Å²) >= 11 is 5.55. The predicted molar refractivity (Wildman–Crippen MR) is 74.7 cm³/mol. The van der Waals surface area contributed by atoms with Gasteiger partial charge in [-0.25, -0.2) is 9.18 Å². The lowest BCUT2D eigenvalue weighted by Gasteiger charge is -2.38. The Kier molecular flexibility index (Phi) is 5.24. The number of carbonyl (C=O) groups excluding carboxylic acids is 1. The number of rotatable bonds is 1. The van der Waals surface area contributed by atoms with Crippen molar-refractivity contribution >= 4 is 30.1 Å². The fraction of sp³-hybridized carbons (Fsp3) is 0.462. The maximum atomic E-state index is 14.1. The van der Waals surface area contributed by atoms with Crippen molar-refractivity contribution in [2.45, 2.75) is 26.1 Å². The van der Waals surface area contributed by atoms with Gasteiger partial charge >= 0.3 is 12.3 Å². The first-order valence-electron chi connectivity index (χ1n) is 6.02. The van der Waals surface area contributed by atoms with Crippen molar-refractivity contribution in [1.82, 2.24) is 5.32 Å². The normalized spacial score (nSPS) is 20.7. The molecule has 0 spiro atoms. The zero-order valence-electron chi connectivity index (χ0n) is 11.6. The molecular formula is C13H13Cl2F4NO2. The molecule has 1 N–H and O–H groups in total. The van der Waals surface area contributed by atoms with E-state index in [0.717, 1.165) is 0 Å². The molecule has 2 rings (SSSR count). The van der Waals surface area contributed by atoms with Crippen molar-refractivity contribution in [3.8, 4) is 0 Å². The van der Waals surface area contributed by atoms with Crippen LogP contribution in [-0.2, 0) is 10.9 Å². The van der Waals surface area contributed by atoms with E-state index in [9.17, 15) is 22.4 Å². The van der Waals surface area contributed by atoms with Gasteiger partial charge in [0.1, 0.15) is 12.4 Å². The molecule has 1 heterocycles. The second-order valence-electron chi connectivity index (χ2n) is 5.50. The third-order valence-corrected chi connectivity index (χ3v) is 3.59. The number of carbonyl (C=O) groups is 1. The highest BCUT2D eigenvalue weighted by Gasteiger charge is 2.41. The minimum atomic E-state index is -4.66. The molecule has 0 saturated carbocycles. The van der Waals surface area contributed by atoms with Crippen LogP contribution in [0.15, 0.2) is 12.1 Å². The number of ether oxygens (including phenoxy) is 1. The van der Waals surface area contributed by atoms with E-state index in [2.05, 4.69) is 5.32 Å². The van der Waals surface area contributed by atoms with Gasteiger partial charge in [0.25, 0.3) is 0 Å². The smallest absolute Gasteiger partial charge is 0.416 e. The molecule has 1 aromatic carbocycles. The molecule has 124 valence electrons. The van der Waals surface area contributed by atoms with Gasteiger partial charge in [-0.15, -0.1) is 12.4 Å². The van der Waals surface area contributed by atoms with E-state index in [1.54, 1.807) is 13.8 Å². The summed E-state index contributed by atoms with van der Waals surface area (Å²) in [5.74, 6) is -0.982. The third-order valence-electron chi connectivity index (χ3n) is 3.31. The third kappa shape index (κ3) is 3.57. The summed E-state index contributed by atoms with van der Waals surface area (Å²) in [6.07, 6.45) is -5.47. The standard InChI is InChI=1S/C13H12ClF4NO2.ClH/c1-12(2)5-21-11(20)19-10(12)7-3-6(13(16,17)18)4-8(14)9(7)15;/h3-4,10H,5H2,1-2H3,(H,19,20);1H/t10-;/m0./s1. The summed E-state index contributed by atoms with van der Waals surface area (Å²) < 4.78 is 57.4. The van der Waals surface area contributed by atoms with E-state index >= 15 is 0 Å². The lowest BCUT2D eigenvalue weighted by atomic mass is 9.80. The van der Waals surface area contributed by atoms with Crippen molar-refractivity contribution < 1.29 is 27.1 Å². The van der Waals surface area contributed by atoms with Crippen LogP contribution in [0.1, 0.15) is 31.0 Å². The highest BCUT2D eigenvalue weighted by molar-refractivity contribution is 6.30. The minimum Gasteiger partial charge on any atom is -0.449 e. The van der Waals surface area contributed by atoms with E-state index in [-0.39, 0.29) is 24.6 Å². The molecule has 1 aliphatic rings. The number of nitrogens with one attached hydrogen (secondary N) is 1. The molecule has 1 aliphatic heterocycles. The van der Waals surface area contributed by atoms with E-state index in [4.69, 9.17) is 16.3 Å². The van der Waals surface area contributed by atoms with Crippen molar-refractivity contribution in [2.75, 3.05) is 6.61 Å². The SMILES string of the molecule is CC1(C)COC(=O)N[C@H]1c1cc(C(F)(F)F)cc(Cl)c1F.Cl. The lowest BCUT2D eigenvalue weighted by Crippen LogP contribution is -2.47. The van der Waals surface area contributed by atoms with Crippen LogP contribution >= 0.6 is 24.0 Å². The maximum Gasteiger partial charge on any atom is 0.416 e. The Morgan fingerprint density at radius 2 is 1.95 bits per heavy atom. The Morgan fingerprint density at radius 3 is 2.50 bits per heavy atom. The number of hydrogen-bond donors (Lipinski definition) is 1. The number of alkyl halides is 3. The van der Waals surface area contributed by atoms with Crippen molar-refractivity contribution in [2.24, 2.45) is 5.41 Å². The van der Waals surface area contributed by atoms with Gasteiger partial charge in [0.15, 0.2) is 0 Å². The second kappa shape index (κ2) is 6.12. The average Bonchev–Trinajstić information content (AvgIpc) is 2.34. The Morgan fingerprint density at radius 1 is 1.36 bits per heavy atom. The lowest BCUT2D eigenvalue weighted by molar-refractivity contribution is -0.137. The zero-order chi connectivity index (χ0) is 16.0. The second-order valence-corrected chi connectivity index (χ2v) is 5.91. The van der Waals surface area contributed by atoms with Crippen molar-refractivity contribution in [3.63, 3.8) is 0 Å². The monoisotopic (exact) mass is 361 g/mol. The van der Waals surface area contributed by atoms with Gasteiger partial charge in [0.05, 0.1) is 16.6 Å². The minimum absolute atomic E-state index is 0. The molecule has 1 saturated heterocycles. The molecule has 22 heavy (non-hydrogen) atoms. The zero-order valence-corrected chi connectivity index (χ0v) is 13.1. The van der Waals surface area contributed by atoms with Crippen LogP contribution in [-0.4, -0.2) is 12.7 Å². The first kappa shape index (κ1) is 18.8. The van der Waals surface area contributed by atoms with Crippen LogP contribution in [0.25, 0.3) is 0 Å². The fourth-order valence-corrected chi connectivity index (χ4v) is 2.40. The molecule has 0 unspecified atom stereocenters. The number of hydrogen-bond acceptors (Lipinski definition) is 2. The summed E-state index contributed by atoms with van der Waals surface area (Å²) in [5, 5.41) is 1.70. The van der Waals surface area contributed by atoms with Gasteiger partial charge in [-0.3, -0.25) is 0 Å². The Labute approximate surface area is 135 Å². The Hall–Kier alpha value is -1.21. The van der Waals surface area contributed by atoms with E-state index < -0.39 is 40.1 Å². The van der Waals surface area contributed by atoms with Gasteiger partial charge in [0.2, 0.25) is 0 Å². The van der Waals surface area contributed by atoms with Crippen LogP contribution in [0.4, 0.5) is 22.4 Å². The van der Waals surface area contributed by atoms with Crippen LogP contribution in [0.3, 0.4) is 0 Å². The van der Waals surface area contributed by atoms with Crippen LogP contribution in [0.5, 0.6) is 0 Å². The highest BCUT2D eigenvalue weighted by atomic mass is 35.5. The van der Waals surface area contributed by atoms with E-state index in [0.29, 0.717) is 12.1 Å². The molecule has 9 heteroatoms. The molecule has 0 aliphatic carbocycles. The van der Waals surface area contributed by atoms with Gasteiger partial charge in [-0.1, -0.05) is 25.4 Å². The molecule has 0 aromatic heterocycles. The number of alkyl carbamates (subject to hydrolysis) is 1. The molecule has 1 aromatic rings. The fourth-order valence-electron chi connectivity index (χ4n) is 2.17. The maximum absolute atomic E-state index is 14.1. The first-order valence-corrected chi connectivity index (χ1v) is 6.39. The molecule has 1 atom stereocenters. The number of halogens is 6. The van der Waals surface area contributed by atoms with Gasteiger partial charge in [0, 0.05) is 11.0 Å². The van der Waals surface area contributed by atoms with Crippen LogP contribution in [0, 0.1) is 11.2 Å². The average molecular weight is 362 g/mol. The molecule has 0 bridgehead atoms. The topological polar surface area (TPSA) is 38.3 Å². The largest absolute Gasteiger partial charge is 0.449 e. The van der Waals surface area contributed by atoms with E-state index in [1.165, 1.54) is 0 Å². The van der Waals surface area contributed by atoms with Crippen LogP contribution < -0.4 is 5.32 Å². The molecular weight excluding hydrogens is 349 g/mol. The van der Waals surface area contributed by atoms with Gasteiger partial charge < -0.3 is 10.1 Å². The van der Waals surface area contributed by atoms with E-state index in [1.807, 2.05) is 0 Å². The molecule has 0 radical (unpaired) electrons. The summed E-state index contributed by atoms with van der Waals surface area (Å²) in [4.78, 5) is 11.3. The molecule has 3 nitrogen and oxygen atoms in total. The number of amides is 1. The molecule has 1 fully saturated rings. The number of cyclic esters (lactones) is 1.